The van der Waals surface area contributed by atoms with Crippen molar-refractivity contribution in [3.05, 3.63) is 65.3 Å². The quantitative estimate of drug-likeness (QED) is 0.456. The number of aliphatic hydroxyl groups is 1. The molecule has 2 N–H and O–H groups in total. The molecule has 0 aliphatic heterocycles. The summed E-state index contributed by atoms with van der Waals surface area (Å²) in [6.45, 7) is 4.88. The fraction of sp³-hybridized carbons (Fsp3) is 0.385. The standard InChI is InChI=1S/C26H30F2N4O3/c1-15(2)29-12-19(33)14-32-13-18(11-31-32)17-8-20-16(5-6-22(20)30-10-17)7-21-25(27)23(34-3)9-24(35-4)26(21)28/h5,8-11,13,15,19,29,33H,6-7,12,14H2,1-4H3. The molecule has 0 fully saturated rings. The van der Waals surface area contributed by atoms with Crippen molar-refractivity contribution >= 4 is 5.57 Å². The van der Waals surface area contributed by atoms with Gasteiger partial charge < -0.3 is 19.9 Å². The Labute approximate surface area is 203 Å². The highest BCUT2D eigenvalue weighted by Crippen LogP contribution is 2.37. The first-order valence-electron chi connectivity index (χ1n) is 11.5. The number of aliphatic hydroxyl groups excluding tert-OH is 1. The number of allylic oxidation sites excluding steroid dienone is 2. The zero-order chi connectivity index (χ0) is 25.1. The second kappa shape index (κ2) is 10.5. The Morgan fingerprint density at radius 3 is 2.46 bits per heavy atom. The van der Waals surface area contributed by atoms with E-state index in [0.29, 0.717) is 19.5 Å². The fourth-order valence-electron chi connectivity index (χ4n) is 4.14. The molecule has 186 valence electrons. The molecule has 1 atom stereocenters. The van der Waals surface area contributed by atoms with Crippen molar-refractivity contribution in [3.8, 4) is 22.6 Å². The number of hydrogen-bond acceptors (Lipinski definition) is 6. The van der Waals surface area contributed by atoms with Crippen LogP contribution in [0.15, 0.2) is 36.8 Å². The molecule has 7 nitrogen and oxygen atoms in total. The van der Waals surface area contributed by atoms with Crippen LogP contribution in [-0.4, -0.2) is 52.8 Å². The molecule has 2 aromatic heterocycles. The van der Waals surface area contributed by atoms with Gasteiger partial charge in [-0.25, -0.2) is 8.78 Å². The summed E-state index contributed by atoms with van der Waals surface area (Å²) >= 11 is 0. The Morgan fingerprint density at radius 2 is 1.80 bits per heavy atom. The number of benzene rings is 1. The van der Waals surface area contributed by atoms with Gasteiger partial charge in [0.25, 0.3) is 0 Å². The third kappa shape index (κ3) is 5.36. The third-order valence-electron chi connectivity index (χ3n) is 6.02. The Hall–Kier alpha value is -3.30. The number of rotatable bonds is 10. The molecule has 3 aromatic rings. The summed E-state index contributed by atoms with van der Waals surface area (Å²) in [5.41, 5.74) is 4.05. The Bertz CT molecular complexity index is 1210. The molecule has 0 saturated carbocycles. The minimum atomic E-state index is -0.740. The zero-order valence-corrected chi connectivity index (χ0v) is 20.3. The van der Waals surface area contributed by atoms with Crippen molar-refractivity contribution in [3.63, 3.8) is 0 Å². The maximum atomic E-state index is 14.9. The number of nitrogens with one attached hydrogen (secondary N) is 1. The van der Waals surface area contributed by atoms with Gasteiger partial charge in [-0.2, -0.15) is 5.10 Å². The first-order valence-corrected chi connectivity index (χ1v) is 11.5. The van der Waals surface area contributed by atoms with E-state index >= 15 is 0 Å². The Balaban J connectivity index is 1.56. The first-order chi connectivity index (χ1) is 16.8. The Kier molecular flexibility index (Phi) is 7.47. The average molecular weight is 485 g/mol. The maximum absolute atomic E-state index is 14.9. The highest BCUT2D eigenvalue weighted by molar-refractivity contribution is 5.77. The normalized spacial score (nSPS) is 13.7. The van der Waals surface area contributed by atoms with E-state index in [0.717, 1.165) is 28.0 Å². The lowest BCUT2D eigenvalue weighted by molar-refractivity contribution is 0.144. The van der Waals surface area contributed by atoms with Crippen LogP contribution in [0.1, 0.15) is 30.7 Å². The van der Waals surface area contributed by atoms with Crippen LogP contribution in [0.25, 0.3) is 16.7 Å². The van der Waals surface area contributed by atoms with E-state index in [4.69, 9.17) is 9.47 Å². The van der Waals surface area contributed by atoms with Gasteiger partial charge in [-0.15, -0.1) is 0 Å². The topological polar surface area (TPSA) is 81.4 Å². The number of aromatic nitrogens is 3. The summed E-state index contributed by atoms with van der Waals surface area (Å²) in [5.74, 6) is -1.61. The smallest absolute Gasteiger partial charge is 0.171 e. The molecular formula is C26H30F2N4O3. The van der Waals surface area contributed by atoms with E-state index in [9.17, 15) is 13.9 Å². The number of pyridine rings is 1. The summed E-state index contributed by atoms with van der Waals surface area (Å²) in [5, 5.41) is 17.8. The summed E-state index contributed by atoms with van der Waals surface area (Å²) in [7, 11) is 2.67. The van der Waals surface area contributed by atoms with Gasteiger partial charge in [0.15, 0.2) is 23.1 Å². The van der Waals surface area contributed by atoms with Gasteiger partial charge >= 0.3 is 0 Å². The highest BCUT2D eigenvalue weighted by Gasteiger charge is 2.24. The lowest BCUT2D eigenvalue weighted by Crippen LogP contribution is -2.34. The van der Waals surface area contributed by atoms with Crippen molar-refractivity contribution in [2.24, 2.45) is 0 Å². The van der Waals surface area contributed by atoms with Crippen molar-refractivity contribution in [1.29, 1.82) is 0 Å². The maximum Gasteiger partial charge on any atom is 0.171 e. The molecule has 4 rings (SSSR count). The molecule has 0 amide bonds. The van der Waals surface area contributed by atoms with Gasteiger partial charge in [0.1, 0.15) is 0 Å². The van der Waals surface area contributed by atoms with Crippen LogP contribution >= 0.6 is 0 Å². The number of halogens is 2. The molecule has 0 spiro atoms. The van der Waals surface area contributed by atoms with Gasteiger partial charge in [0.2, 0.25) is 0 Å². The van der Waals surface area contributed by atoms with Crippen LogP contribution < -0.4 is 14.8 Å². The van der Waals surface area contributed by atoms with E-state index < -0.39 is 17.7 Å². The van der Waals surface area contributed by atoms with Crippen molar-refractivity contribution < 1.29 is 23.4 Å². The molecule has 0 saturated heterocycles. The molecule has 1 aromatic carbocycles. The van der Waals surface area contributed by atoms with Crippen LogP contribution in [0, 0.1) is 11.6 Å². The van der Waals surface area contributed by atoms with E-state index in [-0.39, 0.29) is 29.5 Å². The van der Waals surface area contributed by atoms with Crippen LogP contribution in [-0.2, 0) is 19.4 Å². The van der Waals surface area contributed by atoms with E-state index in [1.54, 1.807) is 17.1 Å². The van der Waals surface area contributed by atoms with Crippen molar-refractivity contribution in [1.82, 2.24) is 20.1 Å². The minimum absolute atomic E-state index is 0.0394. The Morgan fingerprint density at radius 1 is 1.09 bits per heavy atom. The van der Waals surface area contributed by atoms with E-state index in [2.05, 4.69) is 15.4 Å². The third-order valence-corrected chi connectivity index (χ3v) is 6.02. The fourth-order valence-corrected chi connectivity index (χ4v) is 4.14. The summed E-state index contributed by atoms with van der Waals surface area (Å²) in [4.78, 5) is 4.57. The molecule has 0 bridgehead atoms. The van der Waals surface area contributed by atoms with Gasteiger partial charge in [-0.1, -0.05) is 19.9 Å². The molecule has 9 heteroatoms. The SMILES string of the molecule is COc1cc(OC)c(F)c(CC2=CCc3ncc(-c4cnn(CC(O)CNC(C)C)c4)cc32)c1F. The summed E-state index contributed by atoms with van der Waals surface area (Å²) < 4.78 is 41.7. The molecule has 0 radical (unpaired) electrons. The zero-order valence-electron chi connectivity index (χ0n) is 20.3. The van der Waals surface area contributed by atoms with Crippen molar-refractivity contribution in [2.45, 2.75) is 45.4 Å². The van der Waals surface area contributed by atoms with Gasteiger partial charge in [-0.3, -0.25) is 9.67 Å². The number of ether oxygens (including phenoxy) is 2. The van der Waals surface area contributed by atoms with E-state index in [1.165, 1.54) is 20.3 Å². The first kappa shape index (κ1) is 24.8. The molecular weight excluding hydrogens is 454 g/mol. The number of fused-ring (bicyclic) bond motifs is 1. The summed E-state index contributed by atoms with van der Waals surface area (Å²) in [6.07, 6.45) is 7.34. The molecule has 1 unspecified atom stereocenters. The van der Waals surface area contributed by atoms with Gasteiger partial charge in [0, 0.05) is 66.1 Å². The monoisotopic (exact) mass is 484 g/mol. The van der Waals surface area contributed by atoms with E-state index in [1.807, 2.05) is 32.2 Å². The highest BCUT2D eigenvalue weighted by atomic mass is 19.1. The molecule has 1 aliphatic rings. The predicted octanol–water partition coefficient (Wildman–Crippen LogP) is 3.78. The van der Waals surface area contributed by atoms with Crippen LogP contribution in [0.5, 0.6) is 11.5 Å². The second-order valence-corrected chi connectivity index (χ2v) is 8.88. The van der Waals surface area contributed by atoms with Gasteiger partial charge in [-0.05, 0) is 11.6 Å². The predicted molar refractivity (Wildman–Crippen MR) is 129 cm³/mol. The van der Waals surface area contributed by atoms with Crippen LogP contribution in [0.4, 0.5) is 8.78 Å². The number of nitrogens with zero attached hydrogens (tertiary/aromatic N) is 3. The average Bonchev–Trinajstić information content (AvgIpc) is 3.47. The molecule has 2 heterocycles. The number of methoxy groups -OCH3 is 2. The summed E-state index contributed by atoms with van der Waals surface area (Å²) in [6, 6.07) is 3.46. The van der Waals surface area contributed by atoms with Crippen LogP contribution in [0.2, 0.25) is 0 Å². The lowest BCUT2D eigenvalue weighted by atomic mass is 9.97. The van der Waals surface area contributed by atoms with Gasteiger partial charge in [0.05, 0.1) is 38.8 Å². The largest absolute Gasteiger partial charge is 0.494 e. The lowest BCUT2D eigenvalue weighted by Gasteiger charge is -2.14. The molecule has 1 aliphatic carbocycles. The molecule has 35 heavy (non-hydrogen) atoms. The number of hydrogen-bond donors (Lipinski definition) is 2. The second-order valence-electron chi connectivity index (χ2n) is 8.88. The van der Waals surface area contributed by atoms with Crippen molar-refractivity contribution in [2.75, 3.05) is 20.8 Å². The minimum Gasteiger partial charge on any atom is -0.494 e. The van der Waals surface area contributed by atoms with Crippen LogP contribution in [0.3, 0.4) is 0 Å².